The summed E-state index contributed by atoms with van der Waals surface area (Å²) in [6.45, 7) is 8.09. The van der Waals surface area contributed by atoms with Gasteiger partial charge in [-0.1, -0.05) is 19.9 Å². The standard InChI is InChI=1S/C20H26N6O4S/c1-13(2)19(27)26-7-5-25(6-8-26)9-10-30-20-22-12-16-15-4-3-14(31(21,28)29)11-17(15)23-18(16)24-20/h3-4,11-13H,5-10H2,1-2H3,(H2,21,28,29)(H,22,23,24). The van der Waals surface area contributed by atoms with Crippen molar-refractivity contribution in [2.75, 3.05) is 39.3 Å². The minimum atomic E-state index is -3.78. The summed E-state index contributed by atoms with van der Waals surface area (Å²) in [7, 11) is -3.78. The number of primary sulfonamides is 1. The number of sulfonamides is 1. The van der Waals surface area contributed by atoms with Gasteiger partial charge in [-0.25, -0.2) is 18.5 Å². The van der Waals surface area contributed by atoms with E-state index in [1.54, 1.807) is 12.3 Å². The lowest BCUT2D eigenvalue weighted by molar-refractivity contribution is -0.136. The SMILES string of the molecule is CC(C)C(=O)N1CCN(CCOc2ncc3c(n2)[nH]c2cc(S(N)(=O)=O)ccc23)CC1. The molecule has 3 heterocycles. The molecule has 1 fully saturated rings. The third kappa shape index (κ3) is 4.63. The number of hydrogen-bond acceptors (Lipinski definition) is 7. The highest BCUT2D eigenvalue weighted by atomic mass is 32.2. The van der Waals surface area contributed by atoms with Crippen LogP contribution in [0, 0.1) is 5.92 Å². The van der Waals surface area contributed by atoms with E-state index in [1.165, 1.54) is 12.1 Å². The number of rotatable bonds is 6. The molecule has 0 aliphatic carbocycles. The number of carbonyl (C=O) groups excluding carboxylic acids is 1. The fraction of sp³-hybridized carbons (Fsp3) is 0.450. The quantitative estimate of drug-likeness (QED) is 0.575. The van der Waals surface area contributed by atoms with Crippen LogP contribution < -0.4 is 9.88 Å². The van der Waals surface area contributed by atoms with Crippen molar-refractivity contribution in [1.82, 2.24) is 24.8 Å². The van der Waals surface area contributed by atoms with E-state index in [4.69, 9.17) is 9.88 Å². The largest absolute Gasteiger partial charge is 0.462 e. The van der Waals surface area contributed by atoms with Crippen LogP contribution in [0.5, 0.6) is 6.01 Å². The molecule has 10 nitrogen and oxygen atoms in total. The van der Waals surface area contributed by atoms with Crippen LogP contribution in [0.25, 0.3) is 21.9 Å². The molecule has 0 bridgehead atoms. The molecule has 31 heavy (non-hydrogen) atoms. The van der Waals surface area contributed by atoms with Gasteiger partial charge in [-0.05, 0) is 12.1 Å². The van der Waals surface area contributed by atoms with Crippen molar-refractivity contribution in [3.63, 3.8) is 0 Å². The molecule has 0 saturated carbocycles. The van der Waals surface area contributed by atoms with E-state index in [2.05, 4.69) is 19.9 Å². The van der Waals surface area contributed by atoms with Gasteiger partial charge in [0.05, 0.1) is 4.90 Å². The number of benzene rings is 1. The minimum Gasteiger partial charge on any atom is -0.462 e. The van der Waals surface area contributed by atoms with Crippen LogP contribution in [0.3, 0.4) is 0 Å². The van der Waals surface area contributed by atoms with Crippen LogP contribution in [0.2, 0.25) is 0 Å². The topological polar surface area (TPSA) is 135 Å². The number of carbonyl (C=O) groups is 1. The van der Waals surface area contributed by atoms with Crippen molar-refractivity contribution in [1.29, 1.82) is 0 Å². The van der Waals surface area contributed by atoms with Crippen molar-refractivity contribution in [3.8, 4) is 6.01 Å². The van der Waals surface area contributed by atoms with Gasteiger partial charge < -0.3 is 14.6 Å². The Kier molecular flexibility index (Phi) is 5.82. The van der Waals surface area contributed by atoms with Crippen LogP contribution >= 0.6 is 0 Å². The molecule has 166 valence electrons. The molecule has 1 aromatic carbocycles. The van der Waals surface area contributed by atoms with E-state index in [-0.39, 0.29) is 22.7 Å². The van der Waals surface area contributed by atoms with E-state index in [9.17, 15) is 13.2 Å². The number of hydrogen-bond donors (Lipinski definition) is 2. The molecule has 0 unspecified atom stereocenters. The number of nitrogens with one attached hydrogen (secondary N) is 1. The van der Waals surface area contributed by atoms with E-state index < -0.39 is 10.0 Å². The zero-order valence-corrected chi connectivity index (χ0v) is 18.4. The molecule has 0 atom stereocenters. The Hall–Kier alpha value is -2.76. The molecule has 3 N–H and O–H groups in total. The lowest BCUT2D eigenvalue weighted by Gasteiger charge is -2.35. The molecule has 1 aliphatic heterocycles. The van der Waals surface area contributed by atoms with Crippen LogP contribution in [0.4, 0.5) is 0 Å². The van der Waals surface area contributed by atoms with Gasteiger partial charge in [0.15, 0.2) is 0 Å². The fourth-order valence-electron chi connectivity index (χ4n) is 3.72. The van der Waals surface area contributed by atoms with Gasteiger partial charge in [-0.15, -0.1) is 0 Å². The number of nitrogens with zero attached hydrogens (tertiary/aromatic N) is 4. The van der Waals surface area contributed by atoms with Gasteiger partial charge in [0.1, 0.15) is 12.3 Å². The summed E-state index contributed by atoms with van der Waals surface area (Å²) in [5, 5.41) is 6.79. The van der Waals surface area contributed by atoms with Crippen molar-refractivity contribution in [3.05, 3.63) is 24.4 Å². The van der Waals surface area contributed by atoms with Crippen LogP contribution in [-0.4, -0.2) is 78.4 Å². The van der Waals surface area contributed by atoms with Gasteiger partial charge >= 0.3 is 6.01 Å². The summed E-state index contributed by atoms with van der Waals surface area (Å²) in [6.07, 6.45) is 1.66. The summed E-state index contributed by atoms with van der Waals surface area (Å²) < 4.78 is 28.9. The number of aromatic amines is 1. The second-order valence-corrected chi connectivity index (χ2v) is 9.52. The van der Waals surface area contributed by atoms with Crippen molar-refractivity contribution in [2.24, 2.45) is 11.1 Å². The van der Waals surface area contributed by atoms with Gasteiger partial charge in [0.2, 0.25) is 15.9 Å². The first-order chi connectivity index (χ1) is 14.7. The summed E-state index contributed by atoms with van der Waals surface area (Å²) in [5.74, 6) is 0.227. The Morgan fingerprint density at radius 1 is 1.23 bits per heavy atom. The number of piperazine rings is 1. The first-order valence-electron chi connectivity index (χ1n) is 10.2. The number of nitrogens with two attached hydrogens (primary N) is 1. The Morgan fingerprint density at radius 3 is 2.65 bits per heavy atom. The molecule has 3 aromatic rings. The number of H-pyrrole nitrogens is 1. The normalized spacial score (nSPS) is 15.8. The molecule has 0 radical (unpaired) electrons. The lowest BCUT2D eigenvalue weighted by Crippen LogP contribution is -2.50. The zero-order valence-electron chi connectivity index (χ0n) is 17.5. The van der Waals surface area contributed by atoms with Crippen LogP contribution in [-0.2, 0) is 14.8 Å². The Labute approximate surface area is 180 Å². The third-order valence-electron chi connectivity index (χ3n) is 5.45. The fourth-order valence-corrected chi connectivity index (χ4v) is 4.26. The number of aromatic nitrogens is 3. The number of fused-ring (bicyclic) bond motifs is 3. The van der Waals surface area contributed by atoms with Crippen molar-refractivity contribution < 1.29 is 17.9 Å². The van der Waals surface area contributed by atoms with Gasteiger partial charge in [0, 0.05) is 61.1 Å². The lowest BCUT2D eigenvalue weighted by atomic mass is 10.1. The summed E-state index contributed by atoms with van der Waals surface area (Å²) in [5.41, 5.74) is 1.18. The van der Waals surface area contributed by atoms with Crippen LogP contribution in [0.15, 0.2) is 29.3 Å². The predicted octanol–water partition coefficient (Wildman–Crippen LogP) is 0.938. The monoisotopic (exact) mass is 446 g/mol. The second kappa shape index (κ2) is 8.40. The Balaban J connectivity index is 1.37. The molecular formula is C20H26N6O4S. The third-order valence-corrected chi connectivity index (χ3v) is 6.36. The molecular weight excluding hydrogens is 420 g/mol. The maximum atomic E-state index is 12.1. The highest BCUT2D eigenvalue weighted by Crippen LogP contribution is 2.26. The van der Waals surface area contributed by atoms with Crippen LogP contribution in [0.1, 0.15) is 13.8 Å². The Morgan fingerprint density at radius 2 is 1.97 bits per heavy atom. The van der Waals surface area contributed by atoms with Crippen molar-refractivity contribution in [2.45, 2.75) is 18.7 Å². The summed E-state index contributed by atoms with van der Waals surface area (Å²) in [6, 6.07) is 4.88. The summed E-state index contributed by atoms with van der Waals surface area (Å²) in [4.78, 5) is 28.0. The molecule has 1 aliphatic rings. The van der Waals surface area contributed by atoms with E-state index in [0.29, 0.717) is 17.8 Å². The highest BCUT2D eigenvalue weighted by Gasteiger charge is 2.22. The second-order valence-electron chi connectivity index (χ2n) is 7.96. The first-order valence-corrected chi connectivity index (χ1v) is 11.7. The number of ether oxygens (including phenoxy) is 1. The van der Waals surface area contributed by atoms with Gasteiger partial charge in [-0.2, -0.15) is 4.98 Å². The smallest absolute Gasteiger partial charge is 0.318 e. The average molecular weight is 447 g/mol. The maximum absolute atomic E-state index is 12.1. The van der Waals surface area contributed by atoms with E-state index in [0.717, 1.165) is 43.5 Å². The van der Waals surface area contributed by atoms with Gasteiger partial charge in [0.25, 0.3) is 0 Å². The Bertz CT molecular complexity index is 1220. The van der Waals surface area contributed by atoms with E-state index >= 15 is 0 Å². The molecule has 1 amide bonds. The first kappa shape index (κ1) is 21.5. The zero-order chi connectivity index (χ0) is 22.2. The van der Waals surface area contributed by atoms with Crippen molar-refractivity contribution >= 4 is 37.9 Å². The maximum Gasteiger partial charge on any atom is 0.318 e. The predicted molar refractivity (Wildman–Crippen MR) is 116 cm³/mol. The minimum absolute atomic E-state index is 0.0258. The summed E-state index contributed by atoms with van der Waals surface area (Å²) >= 11 is 0. The van der Waals surface area contributed by atoms with Gasteiger partial charge in [-0.3, -0.25) is 9.69 Å². The molecule has 11 heteroatoms. The molecule has 1 saturated heterocycles. The number of amides is 1. The highest BCUT2D eigenvalue weighted by molar-refractivity contribution is 7.89. The molecule has 4 rings (SSSR count). The van der Waals surface area contributed by atoms with E-state index in [1.807, 2.05) is 18.7 Å². The average Bonchev–Trinajstić information content (AvgIpc) is 3.10. The molecule has 2 aromatic heterocycles. The molecule has 0 spiro atoms.